The summed E-state index contributed by atoms with van der Waals surface area (Å²) >= 11 is 1.67. The Morgan fingerprint density at radius 2 is 2.26 bits per heavy atom. The van der Waals surface area contributed by atoms with Gasteiger partial charge in [0.15, 0.2) is 0 Å². The molecule has 0 fully saturated rings. The first-order valence-electron chi connectivity index (χ1n) is 6.08. The second kappa shape index (κ2) is 4.97. The van der Waals surface area contributed by atoms with E-state index in [1.165, 1.54) is 6.07 Å². The summed E-state index contributed by atoms with van der Waals surface area (Å²) in [6.07, 6.45) is 7.71. The molecule has 96 valence electrons. The Balaban J connectivity index is 1.85. The molecule has 3 rings (SSSR count). The zero-order valence-corrected chi connectivity index (χ0v) is 11.2. The summed E-state index contributed by atoms with van der Waals surface area (Å²) in [5, 5.41) is 0.957. The monoisotopic (exact) mass is 272 g/mol. The Kier molecular flexibility index (Phi) is 3.17. The van der Waals surface area contributed by atoms with Crippen molar-refractivity contribution in [3.05, 3.63) is 59.3 Å². The smallest absolute Gasteiger partial charge is 0.123 e. The Hall–Kier alpha value is -1.94. The second-order valence-electron chi connectivity index (χ2n) is 4.49. The molecule has 3 aromatic rings. The van der Waals surface area contributed by atoms with E-state index in [2.05, 4.69) is 29.0 Å². The maximum absolute atomic E-state index is 13.1. The fraction of sp³-hybridized carbons (Fsp3) is 0.133. The number of H-pyrrole nitrogens is 1. The number of benzene rings is 1. The average Bonchev–Trinajstić information content (AvgIpc) is 3.04. The maximum Gasteiger partial charge on any atom is 0.123 e. The first-order chi connectivity index (χ1) is 9.22. The van der Waals surface area contributed by atoms with Gasteiger partial charge < -0.3 is 4.98 Å². The van der Waals surface area contributed by atoms with Crippen LogP contribution in [0.15, 0.2) is 42.9 Å². The van der Waals surface area contributed by atoms with Crippen molar-refractivity contribution in [1.82, 2.24) is 9.97 Å². The van der Waals surface area contributed by atoms with Gasteiger partial charge in [0.05, 0.1) is 6.33 Å². The lowest BCUT2D eigenvalue weighted by Crippen LogP contribution is -1.87. The van der Waals surface area contributed by atoms with E-state index in [0.29, 0.717) is 0 Å². The maximum atomic E-state index is 13.1. The fourth-order valence-electron chi connectivity index (χ4n) is 1.98. The van der Waals surface area contributed by atoms with Gasteiger partial charge in [-0.25, -0.2) is 9.37 Å². The predicted octanol–water partition coefficient (Wildman–Crippen LogP) is 4.58. The molecule has 0 saturated carbocycles. The lowest BCUT2D eigenvalue weighted by Gasteiger charge is -2.00. The molecule has 0 saturated heterocycles. The van der Waals surface area contributed by atoms with Crippen molar-refractivity contribution in [2.45, 2.75) is 12.8 Å². The van der Waals surface area contributed by atoms with Crippen molar-refractivity contribution in [1.29, 1.82) is 0 Å². The minimum Gasteiger partial charge on any atom is -0.348 e. The number of thiophene rings is 1. The van der Waals surface area contributed by atoms with Crippen molar-refractivity contribution in [3.8, 4) is 0 Å². The number of halogens is 1. The zero-order chi connectivity index (χ0) is 13.2. The Bertz CT molecular complexity index is 713. The van der Waals surface area contributed by atoms with Gasteiger partial charge in [-0.05, 0) is 35.7 Å². The fourth-order valence-corrected chi connectivity index (χ4v) is 2.93. The number of nitrogens with one attached hydrogen (secondary N) is 1. The third-order valence-corrected chi connectivity index (χ3v) is 4.14. The molecule has 0 aliphatic carbocycles. The van der Waals surface area contributed by atoms with Crippen LogP contribution in [0, 0.1) is 5.82 Å². The molecule has 0 aliphatic heterocycles. The van der Waals surface area contributed by atoms with Gasteiger partial charge >= 0.3 is 0 Å². The van der Waals surface area contributed by atoms with Gasteiger partial charge in [-0.1, -0.05) is 13.0 Å². The van der Waals surface area contributed by atoms with Gasteiger partial charge in [0.2, 0.25) is 0 Å². The van der Waals surface area contributed by atoms with Crippen LogP contribution in [-0.2, 0) is 0 Å². The number of fused-ring (bicyclic) bond motifs is 1. The number of imidazole rings is 1. The minimum absolute atomic E-state index is 0.188. The Morgan fingerprint density at radius 1 is 1.37 bits per heavy atom. The predicted molar refractivity (Wildman–Crippen MR) is 77.8 cm³/mol. The van der Waals surface area contributed by atoms with Crippen LogP contribution in [0.3, 0.4) is 0 Å². The SMILES string of the molecule is CC(/C=C/c1cc2cc(F)ccc2s1)c1cnc[nH]1. The highest BCUT2D eigenvalue weighted by Gasteiger charge is 2.04. The molecule has 0 spiro atoms. The molecule has 1 N–H and O–H groups in total. The van der Waals surface area contributed by atoms with E-state index in [1.54, 1.807) is 23.7 Å². The summed E-state index contributed by atoms with van der Waals surface area (Å²) in [6, 6.07) is 6.91. The van der Waals surface area contributed by atoms with Crippen molar-refractivity contribution in [2.75, 3.05) is 0 Å². The van der Waals surface area contributed by atoms with Crippen molar-refractivity contribution in [3.63, 3.8) is 0 Å². The molecule has 19 heavy (non-hydrogen) atoms. The number of aromatic nitrogens is 2. The molecular formula is C15H13FN2S. The van der Waals surface area contributed by atoms with Crippen molar-refractivity contribution in [2.24, 2.45) is 0 Å². The molecule has 1 atom stereocenters. The van der Waals surface area contributed by atoms with Gasteiger partial charge in [-0.3, -0.25) is 0 Å². The van der Waals surface area contributed by atoms with Crippen molar-refractivity contribution < 1.29 is 4.39 Å². The minimum atomic E-state index is -0.188. The third-order valence-electron chi connectivity index (χ3n) is 3.06. The summed E-state index contributed by atoms with van der Waals surface area (Å²) in [5.74, 6) is 0.0936. The van der Waals surface area contributed by atoms with Crippen LogP contribution in [0.25, 0.3) is 16.2 Å². The highest BCUT2D eigenvalue weighted by atomic mass is 32.1. The summed E-state index contributed by atoms with van der Waals surface area (Å²) in [6.45, 7) is 2.11. The highest BCUT2D eigenvalue weighted by molar-refractivity contribution is 7.19. The Labute approximate surface area is 114 Å². The Morgan fingerprint density at radius 3 is 3.05 bits per heavy atom. The molecule has 1 aromatic carbocycles. The van der Waals surface area contributed by atoms with Crippen LogP contribution < -0.4 is 0 Å². The summed E-state index contributed by atoms with van der Waals surface area (Å²) in [5.41, 5.74) is 1.09. The number of aromatic amines is 1. The second-order valence-corrected chi connectivity index (χ2v) is 5.60. The summed E-state index contributed by atoms with van der Waals surface area (Å²) in [4.78, 5) is 8.24. The van der Waals surface area contributed by atoms with Crippen molar-refractivity contribution >= 4 is 27.5 Å². The van der Waals surface area contributed by atoms with E-state index in [-0.39, 0.29) is 11.7 Å². The quantitative estimate of drug-likeness (QED) is 0.742. The van der Waals surface area contributed by atoms with E-state index in [0.717, 1.165) is 20.7 Å². The largest absolute Gasteiger partial charge is 0.348 e. The summed E-state index contributed by atoms with van der Waals surface area (Å²) < 4.78 is 14.2. The molecule has 4 heteroatoms. The molecular weight excluding hydrogens is 259 g/mol. The molecule has 2 nitrogen and oxygen atoms in total. The molecule has 0 bridgehead atoms. The van der Waals surface area contributed by atoms with Crippen LogP contribution in [0.4, 0.5) is 4.39 Å². The van der Waals surface area contributed by atoms with E-state index in [1.807, 2.05) is 18.3 Å². The molecule has 2 heterocycles. The van der Waals surface area contributed by atoms with Crippen LogP contribution in [0.2, 0.25) is 0 Å². The average molecular weight is 272 g/mol. The van der Waals surface area contributed by atoms with E-state index < -0.39 is 0 Å². The van der Waals surface area contributed by atoms with E-state index >= 15 is 0 Å². The zero-order valence-electron chi connectivity index (χ0n) is 10.4. The molecule has 2 aromatic heterocycles. The van der Waals surface area contributed by atoms with Gasteiger partial charge in [0.1, 0.15) is 5.82 Å². The number of hydrogen-bond donors (Lipinski definition) is 1. The number of nitrogens with zero attached hydrogens (tertiary/aromatic N) is 1. The lowest BCUT2D eigenvalue weighted by molar-refractivity contribution is 0.630. The molecule has 0 amide bonds. The third kappa shape index (κ3) is 2.58. The molecule has 1 unspecified atom stereocenters. The van der Waals surface area contributed by atoms with Gasteiger partial charge in [-0.2, -0.15) is 0 Å². The molecule has 0 radical (unpaired) electrons. The van der Waals surface area contributed by atoms with Gasteiger partial charge in [0, 0.05) is 27.4 Å². The first kappa shape index (κ1) is 12.1. The van der Waals surface area contributed by atoms with Gasteiger partial charge in [-0.15, -0.1) is 11.3 Å². The number of rotatable bonds is 3. The van der Waals surface area contributed by atoms with Gasteiger partial charge in [0.25, 0.3) is 0 Å². The topological polar surface area (TPSA) is 28.7 Å². The van der Waals surface area contributed by atoms with E-state index in [9.17, 15) is 4.39 Å². The van der Waals surface area contributed by atoms with Crippen LogP contribution >= 0.6 is 11.3 Å². The van der Waals surface area contributed by atoms with Crippen LogP contribution in [0.5, 0.6) is 0 Å². The standard InChI is InChI=1S/C15H13FN2S/c1-10(14-8-17-9-18-14)2-4-13-7-11-6-12(16)3-5-15(11)19-13/h2-10H,1H3,(H,17,18)/b4-2+. The first-order valence-corrected chi connectivity index (χ1v) is 6.89. The molecule has 0 aliphatic rings. The highest BCUT2D eigenvalue weighted by Crippen LogP contribution is 2.28. The summed E-state index contributed by atoms with van der Waals surface area (Å²) in [7, 11) is 0. The number of hydrogen-bond acceptors (Lipinski definition) is 2. The van der Waals surface area contributed by atoms with Crippen LogP contribution in [0.1, 0.15) is 23.4 Å². The normalized spacial score (nSPS) is 13.4. The van der Waals surface area contributed by atoms with Crippen LogP contribution in [-0.4, -0.2) is 9.97 Å². The van der Waals surface area contributed by atoms with E-state index in [4.69, 9.17) is 0 Å². The lowest BCUT2D eigenvalue weighted by atomic mass is 10.1. The number of allylic oxidation sites excluding steroid dienone is 1.